The van der Waals surface area contributed by atoms with Crippen LogP contribution < -0.4 is 4.74 Å². The third-order valence-corrected chi connectivity index (χ3v) is 6.07. The highest BCUT2D eigenvalue weighted by molar-refractivity contribution is 7.94. The maximum Gasteiger partial charge on any atom is 0.120 e. The summed E-state index contributed by atoms with van der Waals surface area (Å²) >= 11 is 1.54. The van der Waals surface area contributed by atoms with Gasteiger partial charge in [0.1, 0.15) is 11.4 Å². The molecule has 0 atom stereocenters. The van der Waals surface area contributed by atoms with E-state index in [2.05, 4.69) is 67.5 Å². The van der Waals surface area contributed by atoms with Crippen LogP contribution in [0.1, 0.15) is 96.3 Å². The Morgan fingerprint density at radius 2 is 1.38 bits per heavy atom. The number of benzene rings is 2. The molecule has 0 saturated carbocycles. The Bertz CT molecular complexity index is 735. The summed E-state index contributed by atoms with van der Waals surface area (Å²) in [6.07, 6.45) is 0.826. The van der Waals surface area contributed by atoms with E-state index >= 15 is 0 Å². The van der Waals surface area contributed by atoms with Gasteiger partial charge in [-0.3, -0.25) is 0 Å². The van der Waals surface area contributed by atoms with E-state index in [4.69, 9.17) is 8.92 Å². The normalized spacial score (nSPS) is 12.2. The Morgan fingerprint density at radius 3 is 1.86 bits per heavy atom. The Balaban J connectivity index is 2.07. The predicted molar refractivity (Wildman–Crippen MR) is 126 cm³/mol. The highest BCUT2D eigenvalue weighted by atomic mass is 32.2. The standard InChI is InChI=1S/C26H38O2S/c1-18(2)21-16-23(19(3)4)25(24(17-21)20(5)6)29-27-15-14-26(7,8)28-22-12-10-9-11-13-22/h9-13,16-20H,14-15H2,1-8H3. The average Bonchev–Trinajstić information content (AvgIpc) is 2.64. The van der Waals surface area contributed by atoms with Gasteiger partial charge in [0.05, 0.1) is 6.61 Å². The number of para-hydroxylation sites is 1. The molecule has 0 unspecified atom stereocenters. The minimum Gasteiger partial charge on any atom is -0.488 e. The van der Waals surface area contributed by atoms with Crippen LogP contribution in [-0.2, 0) is 4.18 Å². The first kappa shape index (κ1) is 23.8. The third kappa shape index (κ3) is 7.08. The second-order valence-corrected chi connectivity index (χ2v) is 10.1. The quantitative estimate of drug-likeness (QED) is 0.287. The van der Waals surface area contributed by atoms with Gasteiger partial charge in [0, 0.05) is 23.4 Å². The molecule has 0 amide bonds. The van der Waals surface area contributed by atoms with E-state index in [1.807, 2.05) is 30.3 Å². The average molecular weight is 415 g/mol. The first-order valence-electron chi connectivity index (χ1n) is 10.8. The van der Waals surface area contributed by atoms with Crippen LogP contribution in [0.3, 0.4) is 0 Å². The molecule has 160 valence electrons. The fourth-order valence-corrected chi connectivity index (χ4v) is 4.30. The molecule has 0 radical (unpaired) electrons. The van der Waals surface area contributed by atoms with Gasteiger partial charge in [-0.15, -0.1) is 0 Å². The molecular weight excluding hydrogens is 376 g/mol. The van der Waals surface area contributed by atoms with Gasteiger partial charge in [-0.2, -0.15) is 0 Å². The van der Waals surface area contributed by atoms with Crippen LogP contribution >= 0.6 is 12.0 Å². The maximum absolute atomic E-state index is 6.13. The van der Waals surface area contributed by atoms with Gasteiger partial charge in [0.25, 0.3) is 0 Å². The zero-order valence-electron chi connectivity index (χ0n) is 19.4. The molecule has 2 aromatic rings. The number of hydrogen-bond donors (Lipinski definition) is 0. The van der Waals surface area contributed by atoms with Gasteiger partial charge < -0.3 is 8.92 Å². The first-order valence-corrected chi connectivity index (χ1v) is 11.6. The molecule has 0 N–H and O–H groups in total. The molecule has 2 aromatic carbocycles. The van der Waals surface area contributed by atoms with E-state index in [-0.39, 0.29) is 5.60 Å². The highest BCUT2D eigenvalue weighted by Gasteiger charge is 2.21. The van der Waals surface area contributed by atoms with Crippen molar-refractivity contribution >= 4 is 12.0 Å². The molecule has 0 saturated heterocycles. The molecule has 0 aromatic heterocycles. The minimum absolute atomic E-state index is 0.273. The summed E-state index contributed by atoms with van der Waals surface area (Å²) in [6, 6.07) is 14.7. The molecule has 0 aliphatic rings. The lowest BCUT2D eigenvalue weighted by Crippen LogP contribution is -2.29. The molecule has 0 aliphatic carbocycles. The molecule has 0 bridgehead atoms. The van der Waals surface area contributed by atoms with Crippen molar-refractivity contribution in [3.05, 3.63) is 59.2 Å². The lowest BCUT2D eigenvalue weighted by Gasteiger charge is -2.26. The summed E-state index contributed by atoms with van der Waals surface area (Å²) < 4.78 is 12.2. The van der Waals surface area contributed by atoms with Gasteiger partial charge in [0.15, 0.2) is 0 Å². The van der Waals surface area contributed by atoms with Crippen LogP contribution in [0.4, 0.5) is 0 Å². The molecule has 0 heterocycles. The van der Waals surface area contributed by atoms with E-state index in [0.717, 1.165) is 12.2 Å². The Morgan fingerprint density at radius 1 is 0.828 bits per heavy atom. The summed E-state index contributed by atoms with van der Waals surface area (Å²) in [4.78, 5) is 1.29. The molecule has 3 heteroatoms. The van der Waals surface area contributed by atoms with Crippen molar-refractivity contribution in [1.82, 2.24) is 0 Å². The van der Waals surface area contributed by atoms with Crippen molar-refractivity contribution < 1.29 is 8.92 Å². The number of ether oxygens (including phenoxy) is 1. The zero-order valence-corrected chi connectivity index (χ0v) is 20.2. The smallest absolute Gasteiger partial charge is 0.120 e. The summed E-state index contributed by atoms with van der Waals surface area (Å²) in [5, 5.41) is 0. The van der Waals surface area contributed by atoms with Crippen molar-refractivity contribution in [3.63, 3.8) is 0 Å². The fourth-order valence-electron chi connectivity index (χ4n) is 3.23. The lowest BCUT2D eigenvalue weighted by atomic mass is 9.89. The van der Waals surface area contributed by atoms with Crippen LogP contribution in [0.5, 0.6) is 5.75 Å². The van der Waals surface area contributed by atoms with Crippen LogP contribution in [0.25, 0.3) is 0 Å². The molecule has 29 heavy (non-hydrogen) atoms. The van der Waals surface area contributed by atoms with Crippen molar-refractivity contribution in [2.75, 3.05) is 6.61 Å². The van der Waals surface area contributed by atoms with E-state index in [1.165, 1.54) is 21.6 Å². The second kappa shape index (κ2) is 10.5. The van der Waals surface area contributed by atoms with Crippen molar-refractivity contribution in [2.45, 2.75) is 90.1 Å². The third-order valence-electron chi connectivity index (χ3n) is 5.15. The van der Waals surface area contributed by atoms with E-state index < -0.39 is 0 Å². The lowest BCUT2D eigenvalue weighted by molar-refractivity contribution is 0.0845. The number of hydrogen-bond acceptors (Lipinski definition) is 3. The summed E-state index contributed by atoms with van der Waals surface area (Å²) in [7, 11) is 0. The monoisotopic (exact) mass is 414 g/mol. The molecule has 0 spiro atoms. The van der Waals surface area contributed by atoms with Gasteiger partial charge in [0.2, 0.25) is 0 Å². The van der Waals surface area contributed by atoms with Crippen molar-refractivity contribution in [1.29, 1.82) is 0 Å². The molecule has 2 nitrogen and oxygen atoms in total. The molecule has 2 rings (SSSR count). The van der Waals surface area contributed by atoms with Crippen molar-refractivity contribution in [3.8, 4) is 5.75 Å². The highest BCUT2D eigenvalue weighted by Crippen LogP contribution is 2.38. The minimum atomic E-state index is -0.273. The molecule has 0 fully saturated rings. The van der Waals surface area contributed by atoms with E-state index in [0.29, 0.717) is 24.4 Å². The van der Waals surface area contributed by atoms with Gasteiger partial charge in [-0.05, 0) is 60.4 Å². The fraction of sp³-hybridized carbons (Fsp3) is 0.538. The van der Waals surface area contributed by atoms with Crippen LogP contribution in [0, 0.1) is 0 Å². The summed E-state index contributed by atoms with van der Waals surface area (Å²) in [5.41, 5.74) is 3.93. The molecule has 0 aliphatic heterocycles. The SMILES string of the molecule is CC(C)c1cc(C(C)C)c(SOCCC(C)(C)Oc2ccccc2)c(C(C)C)c1. The van der Waals surface area contributed by atoms with E-state index in [1.54, 1.807) is 12.0 Å². The van der Waals surface area contributed by atoms with Crippen LogP contribution in [0.2, 0.25) is 0 Å². The maximum atomic E-state index is 6.13. The van der Waals surface area contributed by atoms with E-state index in [9.17, 15) is 0 Å². The summed E-state index contributed by atoms with van der Waals surface area (Å²) in [5.74, 6) is 2.37. The van der Waals surface area contributed by atoms with Gasteiger partial charge >= 0.3 is 0 Å². The predicted octanol–water partition coefficient (Wildman–Crippen LogP) is 8.33. The van der Waals surface area contributed by atoms with Crippen molar-refractivity contribution in [2.24, 2.45) is 0 Å². The van der Waals surface area contributed by atoms with Gasteiger partial charge in [-0.25, -0.2) is 0 Å². The Labute approximate surface area is 182 Å². The largest absolute Gasteiger partial charge is 0.488 e. The van der Waals surface area contributed by atoms with Gasteiger partial charge in [-0.1, -0.05) is 71.9 Å². The molecular formula is C26H38O2S. The number of rotatable bonds is 10. The topological polar surface area (TPSA) is 18.5 Å². The second-order valence-electron chi connectivity index (χ2n) is 9.32. The zero-order chi connectivity index (χ0) is 21.6. The Kier molecular flexibility index (Phi) is 8.66. The summed E-state index contributed by atoms with van der Waals surface area (Å²) in [6.45, 7) is 18.5. The first-order chi connectivity index (χ1) is 13.6. The van der Waals surface area contributed by atoms with Crippen LogP contribution in [-0.4, -0.2) is 12.2 Å². The Hall–Kier alpha value is -1.45. The van der Waals surface area contributed by atoms with Crippen LogP contribution in [0.15, 0.2) is 47.4 Å².